The predicted octanol–water partition coefficient (Wildman–Crippen LogP) is 2.93. The Kier molecular flexibility index (Phi) is 6.22. The van der Waals surface area contributed by atoms with Gasteiger partial charge in [0.2, 0.25) is 5.91 Å². The monoisotopic (exact) mass is 290 g/mol. The molecule has 0 fully saturated rings. The molecule has 20 heavy (non-hydrogen) atoms. The molecule has 0 aliphatic rings. The molecule has 3 N–H and O–H groups in total. The number of carbonyl (C=O) groups excluding carboxylic acids is 1. The lowest BCUT2D eigenvalue weighted by atomic mass is 10.1. The molecule has 4 heteroatoms. The summed E-state index contributed by atoms with van der Waals surface area (Å²) in [7, 11) is 0. The van der Waals surface area contributed by atoms with Crippen molar-refractivity contribution in [3.63, 3.8) is 0 Å². The topological polar surface area (TPSA) is 55.1 Å². The summed E-state index contributed by atoms with van der Waals surface area (Å²) in [4.78, 5) is 12.0. The van der Waals surface area contributed by atoms with Crippen LogP contribution in [0.3, 0.4) is 0 Å². The molecule has 1 amide bonds. The number of amides is 1. The third-order valence-electron chi connectivity index (χ3n) is 3.04. The van der Waals surface area contributed by atoms with Gasteiger partial charge in [-0.3, -0.25) is 4.79 Å². The first-order valence-electron chi connectivity index (χ1n) is 6.33. The van der Waals surface area contributed by atoms with Crippen LogP contribution in [0, 0.1) is 6.92 Å². The molecule has 0 saturated heterocycles. The molecule has 0 radical (unpaired) electrons. The number of hydrogen-bond acceptors (Lipinski definition) is 2. The number of nitrogens with one attached hydrogen (secondary N) is 1. The van der Waals surface area contributed by atoms with Gasteiger partial charge in [-0.1, -0.05) is 48.5 Å². The maximum atomic E-state index is 12.0. The Balaban J connectivity index is 0.00000200. The van der Waals surface area contributed by atoms with Crippen molar-refractivity contribution in [2.24, 2.45) is 5.73 Å². The molecule has 0 aliphatic carbocycles. The van der Waals surface area contributed by atoms with Crippen LogP contribution < -0.4 is 11.1 Å². The van der Waals surface area contributed by atoms with E-state index < -0.39 is 6.04 Å². The summed E-state index contributed by atoms with van der Waals surface area (Å²) in [6, 6.07) is 16.9. The lowest BCUT2D eigenvalue weighted by Crippen LogP contribution is -2.37. The van der Waals surface area contributed by atoms with Gasteiger partial charge < -0.3 is 11.1 Å². The van der Waals surface area contributed by atoms with Gasteiger partial charge in [0, 0.05) is 5.69 Å². The zero-order chi connectivity index (χ0) is 13.7. The van der Waals surface area contributed by atoms with Gasteiger partial charge in [-0.05, 0) is 30.5 Å². The van der Waals surface area contributed by atoms with Gasteiger partial charge in [0.25, 0.3) is 0 Å². The zero-order valence-electron chi connectivity index (χ0n) is 11.4. The van der Waals surface area contributed by atoms with E-state index in [1.54, 1.807) is 0 Å². The van der Waals surface area contributed by atoms with Gasteiger partial charge >= 0.3 is 0 Å². The molecule has 1 unspecified atom stereocenters. The lowest BCUT2D eigenvalue weighted by Gasteiger charge is -2.13. The van der Waals surface area contributed by atoms with Crippen molar-refractivity contribution >= 4 is 24.0 Å². The largest absolute Gasteiger partial charge is 0.324 e. The van der Waals surface area contributed by atoms with E-state index in [0.717, 1.165) is 16.8 Å². The number of para-hydroxylation sites is 1. The van der Waals surface area contributed by atoms with Gasteiger partial charge in [0.05, 0.1) is 6.04 Å². The summed E-state index contributed by atoms with van der Waals surface area (Å²) in [6.45, 7) is 1.96. The number of benzene rings is 2. The quantitative estimate of drug-likeness (QED) is 0.910. The molecule has 0 heterocycles. The smallest absolute Gasteiger partial charge is 0.241 e. The molecule has 0 spiro atoms. The summed E-state index contributed by atoms with van der Waals surface area (Å²) in [6.07, 6.45) is 0.540. The minimum absolute atomic E-state index is 0. The van der Waals surface area contributed by atoms with Crippen molar-refractivity contribution in [1.29, 1.82) is 0 Å². The van der Waals surface area contributed by atoms with Gasteiger partial charge in [-0.25, -0.2) is 0 Å². The number of nitrogens with two attached hydrogens (primary N) is 1. The van der Waals surface area contributed by atoms with Gasteiger partial charge in [0.15, 0.2) is 0 Å². The second-order valence-corrected chi connectivity index (χ2v) is 4.60. The average molecular weight is 291 g/mol. The first-order chi connectivity index (χ1) is 9.16. The van der Waals surface area contributed by atoms with E-state index in [1.807, 2.05) is 61.5 Å². The fourth-order valence-electron chi connectivity index (χ4n) is 1.90. The Bertz CT molecular complexity index is 557. The predicted molar refractivity (Wildman–Crippen MR) is 85.2 cm³/mol. The second-order valence-electron chi connectivity index (χ2n) is 4.60. The van der Waals surface area contributed by atoms with Crippen LogP contribution in [0.5, 0.6) is 0 Å². The minimum atomic E-state index is -0.540. The van der Waals surface area contributed by atoms with Crippen LogP contribution in [0.4, 0.5) is 5.69 Å². The Hall–Kier alpha value is -1.84. The molecule has 2 aromatic rings. The number of halogens is 1. The van der Waals surface area contributed by atoms with Gasteiger partial charge in [0.1, 0.15) is 0 Å². The highest BCUT2D eigenvalue weighted by Crippen LogP contribution is 2.13. The summed E-state index contributed by atoms with van der Waals surface area (Å²) in [5.41, 5.74) is 8.85. The van der Waals surface area contributed by atoms with Crippen molar-refractivity contribution in [2.75, 3.05) is 5.32 Å². The minimum Gasteiger partial charge on any atom is -0.324 e. The normalized spacial score (nSPS) is 11.3. The van der Waals surface area contributed by atoms with E-state index in [9.17, 15) is 4.79 Å². The van der Waals surface area contributed by atoms with Crippen LogP contribution >= 0.6 is 12.4 Å². The number of aryl methyl sites for hydroxylation is 1. The molecule has 0 aromatic heterocycles. The zero-order valence-corrected chi connectivity index (χ0v) is 12.2. The number of carbonyl (C=O) groups is 1. The van der Waals surface area contributed by atoms with Crippen LogP contribution in [0.1, 0.15) is 11.1 Å². The highest BCUT2D eigenvalue weighted by atomic mass is 35.5. The Labute approximate surface area is 125 Å². The van der Waals surface area contributed by atoms with Crippen LogP contribution in [-0.4, -0.2) is 11.9 Å². The Morgan fingerprint density at radius 3 is 2.35 bits per heavy atom. The van der Waals surface area contributed by atoms with E-state index in [2.05, 4.69) is 5.32 Å². The van der Waals surface area contributed by atoms with E-state index in [1.165, 1.54) is 0 Å². The van der Waals surface area contributed by atoms with E-state index in [4.69, 9.17) is 5.73 Å². The summed E-state index contributed by atoms with van der Waals surface area (Å²) >= 11 is 0. The third kappa shape index (κ3) is 4.37. The first-order valence-corrected chi connectivity index (χ1v) is 6.33. The summed E-state index contributed by atoms with van der Waals surface area (Å²) < 4.78 is 0. The SMILES string of the molecule is Cc1ccccc1NC(=O)C(N)Cc1ccccc1.Cl. The van der Waals surface area contributed by atoms with Gasteiger partial charge in [-0.2, -0.15) is 0 Å². The van der Waals surface area contributed by atoms with E-state index in [0.29, 0.717) is 6.42 Å². The second kappa shape index (κ2) is 7.68. The molecule has 0 aliphatic heterocycles. The molecule has 2 aromatic carbocycles. The highest BCUT2D eigenvalue weighted by Gasteiger charge is 2.14. The number of hydrogen-bond donors (Lipinski definition) is 2. The van der Waals surface area contributed by atoms with Crippen LogP contribution in [0.25, 0.3) is 0 Å². The average Bonchev–Trinajstić information content (AvgIpc) is 2.42. The van der Waals surface area contributed by atoms with Crippen molar-refractivity contribution in [3.8, 4) is 0 Å². The molecule has 106 valence electrons. The molecule has 0 bridgehead atoms. The van der Waals surface area contributed by atoms with Crippen LogP contribution in [0.15, 0.2) is 54.6 Å². The molecular weight excluding hydrogens is 272 g/mol. The number of anilines is 1. The van der Waals surface area contributed by atoms with Crippen LogP contribution in [-0.2, 0) is 11.2 Å². The molecular formula is C16H19ClN2O. The van der Waals surface area contributed by atoms with Gasteiger partial charge in [-0.15, -0.1) is 12.4 Å². The fraction of sp³-hybridized carbons (Fsp3) is 0.188. The summed E-state index contributed by atoms with van der Waals surface area (Å²) in [5, 5.41) is 2.87. The Morgan fingerprint density at radius 1 is 1.10 bits per heavy atom. The first kappa shape index (κ1) is 16.2. The maximum absolute atomic E-state index is 12.0. The Morgan fingerprint density at radius 2 is 1.70 bits per heavy atom. The lowest BCUT2D eigenvalue weighted by molar-refractivity contribution is -0.117. The van der Waals surface area contributed by atoms with E-state index in [-0.39, 0.29) is 18.3 Å². The standard InChI is InChI=1S/C16H18N2O.ClH/c1-12-7-5-6-10-15(12)18-16(19)14(17)11-13-8-3-2-4-9-13;/h2-10,14H,11,17H2,1H3,(H,18,19);1H. The molecule has 3 nitrogen and oxygen atoms in total. The number of rotatable bonds is 4. The molecule has 0 saturated carbocycles. The van der Waals surface area contributed by atoms with Crippen molar-refractivity contribution in [2.45, 2.75) is 19.4 Å². The third-order valence-corrected chi connectivity index (χ3v) is 3.04. The highest BCUT2D eigenvalue weighted by molar-refractivity contribution is 5.95. The van der Waals surface area contributed by atoms with Crippen molar-refractivity contribution in [1.82, 2.24) is 0 Å². The van der Waals surface area contributed by atoms with Crippen molar-refractivity contribution < 1.29 is 4.79 Å². The molecule has 1 atom stereocenters. The fourth-order valence-corrected chi connectivity index (χ4v) is 1.90. The van der Waals surface area contributed by atoms with Crippen molar-refractivity contribution in [3.05, 3.63) is 65.7 Å². The van der Waals surface area contributed by atoms with E-state index >= 15 is 0 Å². The summed E-state index contributed by atoms with van der Waals surface area (Å²) in [5.74, 6) is -0.154. The molecule has 2 rings (SSSR count). The maximum Gasteiger partial charge on any atom is 0.241 e. The van der Waals surface area contributed by atoms with Crippen LogP contribution in [0.2, 0.25) is 0 Å².